The van der Waals surface area contributed by atoms with E-state index in [0.717, 1.165) is 0 Å². The van der Waals surface area contributed by atoms with Crippen LogP contribution in [0.5, 0.6) is 0 Å². The minimum absolute atomic E-state index is 0.0142. The van der Waals surface area contributed by atoms with Crippen LogP contribution in [0.3, 0.4) is 0 Å². The number of carbonyl (C=O) groups is 3. The van der Waals surface area contributed by atoms with Crippen LogP contribution in [0.25, 0.3) is 0 Å². The molecule has 0 bridgehead atoms. The predicted octanol–water partition coefficient (Wildman–Crippen LogP) is 2.15. The van der Waals surface area contributed by atoms with Crippen molar-refractivity contribution in [2.24, 2.45) is 11.8 Å². The second-order valence-corrected chi connectivity index (χ2v) is 6.51. The zero-order valence-electron chi connectivity index (χ0n) is 14.1. The lowest BCUT2D eigenvalue weighted by Crippen LogP contribution is -2.43. The Morgan fingerprint density at radius 2 is 1.75 bits per heavy atom. The van der Waals surface area contributed by atoms with E-state index in [0.29, 0.717) is 37.2 Å². The van der Waals surface area contributed by atoms with Crippen molar-refractivity contribution < 1.29 is 19.5 Å². The number of likely N-dealkylation sites (tertiary alicyclic amines) is 1. The normalized spacial score (nSPS) is 15.4. The van der Waals surface area contributed by atoms with Gasteiger partial charge >= 0.3 is 5.97 Å². The van der Waals surface area contributed by atoms with Gasteiger partial charge in [0.1, 0.15) is 0 Å². The second-order valence-electron chi connectivity index (χ2n) is 6.51. The summed E-state index contributed by atoms with van der Waals surface area (Å²) in [5.74, 6) is -0.894. The summed E-state index contributed by atoms with van der Waals surface area (Å²) in [4.78, 5) is 36.8. The topological polar surface area (TPSA) is 86.7 Å². The first kappa shape index (κ1) is 18.0. The number of nitrogens with one attached hydrogen (secondary N) is 1. The number of benzene rings is 1. The molecule has 24 heavy (non-hydrogen) atoms. The van der Waals surface area contributed by atoms with E-state index in [2.05, 4.69) is 5.32 Å². The fourth-order valence-corrected chi connectivity index (χ4v) is 2.85. The minimum atomic E-state index is -0.880. The molecule has 0 spiro atoms. The third-order valence-electron chi connectivity index (χ3n) is 4.25. The van der Waals surface area contributed by atoms with Crippen molar-refractivity contribution in [1.29, 1.82) is 0 Å². The van der Waals surface area contributed by atoms with E-state index in [9.17, 15) is 14.4 Å². The summed E-state index contributed by atoms with van der Waals surface area (Å²) in [6.45, 7) is 5.00. The Labute approximate surface area is 141 Å². The van der Waals surface area contributed by atoms with Crippen LogP contribution in [-0.4, -0.2) is 40.9 Å². The Morgan fingerprint density at radius 1 is 1.17 bits per heavy atom. The lowest BCUT2D eigenvalue weighted by molar-refractivity contribution is -0.137. The largest absolute Gasteiger partial charge is 0.481 e. The van der Waals surface area contributed by atoms with E-state index in [1.807, 2.05) is 18.7 Å². The molecule has 0 unspecified atom stereocenters. The van der Waals surface area contributed by atoms with Gasteiger partial charge in [0.05, 0.1) is 6.42 Å². The summed E-state index contributed by atoms with van der Waals surface area (Å²) < 4.78 is 0. The zero-order valence-corrected chi connectivity index (χ0v) is 14.1. The van der Waals surface area contributed by atoms with Gasteiger partial charge in [-0.15, -0.1) is 0 Å². The van der Waals surface area contributed by atoms with E-state index < -0.39 is 5.97 Å². The molecule has 1 aliphatic rings. The summed E-state index contributed by atoms with van der Waals surface area (Å²) in [6.07, 6.45) is 1.30. The number of aliphatic carboxylic acids is 1. The Morgan fingerprint density at radius 3 is 2.25 bits per heavy atom. The molecule has 2 N–H and O–H groups in total. The van der Waals surface area contributed by atoms with Gasteiger partial charge in [-0.2, -0.15) is 0 Å². The summed E-state index contributed by atoms with van der Waals surface area (Å²) in [7, 11) is 0. The van der Waals surface area contributed by atoms with Gasteiger partial charge in [-0.25, -0.2) is 0 Å². The van der Waals surface area contributed by atoms with Gasteiger partial charge in [0.15, 0.2) is 0 Å². The van der Waals surface area contributed by atoms with E-state index in [1.165, 1.54) is 0 Å². The zero-order chi connectivity index (χ0) is 17.7. The Bertz CT molecular complexity index is 602. The van der Waals surface area contributed by atoms with Gasteiger partial charge in [-0.05, 0) is 30.5 Å². The fraction of sp³-hybridized carbons (Fsp3) is 0.500. The van der Waals surface area contributed by atoms with Gasteiger partial charge in [0.2, 0.25) is 11.8 Å². The maximum Gasteiger partial charge on any atom is 0.307 e. The number of hydrogen-bond donors (Lipinski definition) is 2. The van der Waals surface area contributed by atoms with Crippen molar-refractivity contribution in [2.45, 2.75) is 33.1 Å². The number of anilines is 1. The van der Waals surface area contributed by atoms with Crippen LogP contribution < -0.4 is 5.32 Å². The van der Waals surface area contributed by atoms with Crippen molar-refractivity contribution in [1.82, 2.24) is 4.90 Å². The number of carboxylic acids is 1. The smallest absolute Gasteiger partial charge is 0.307 e. The van der Waals surface area contributed by atoms with E-state index >= 15 is 0 Å². The molecule has 2 rings (SSSR count). The molecule has 1 aliphatic heterocycles. The number of carboxylic acid groups (broad SMARTS) is 1. The molecule has 6 heteroatoms. The Hall–Kier alpha value is -2.37. The SMILES string of the molecule is CC(C)C(=O)N1CCC(C(=O)Nc2ccc(CC(=O)O)cc2)CC1. The molecule has 0 aliphatic carbocycles. The molecule has 0 radical (unpaired) electrons. The highest BCUT2D eigenvalue weighted by Crippen LogP contribution is 2.21. The maximum absolute atomic E-state index is 12.3. The highest BCUT2D eigenvalue weighted by Gasteiger charge is 2.28. The summed E-state index contributed by atoms with van der Waals surface area (Å²) in [6, 6.07) is 6.84. The fourth-order valence-electron chi connectivity index (χ4n) is 2.85. The first-order valence-electron chi connectivity index (χ1n) is 8.27. The van der Waals surface area contributed by atoms with Gasteiger partial charge in [0.25, 0.3) is 0 Å². The highest BCUT2D eigenvalue weighted by atomic mass is 16.4. The molecule has 1 aromatic rings. The first-order chi connectivity index (χ1) is 11.4. The number of carbonyl (C=O) groups excluding carboxylic acids is 2. The molecule has 1 fully saturated rings. The lowest BCUT2D eigenvalue weighted by atomic mass is 9.95. The van der Waals surface area contributed by atoms with Crippen LogP contribution in [0.2, 0.25) is 0 Å². The molecule has 1 heterocycles. The van der Waals surface area contributed by atoms with Gasteiger partial charge in [-0.3, -0.25) is 14.4 Å². The van der Waals surface area contributed by atoms with Gasteiger partial charge in [-0.1, -0.05) is 26.0 Å². The third kappa shape index (κ3) is 4.81. The standard InChI is InChI=1S/C18H24N2O4/c1-12(2)18(24)20-9-7-14(8-10-20)17(23)19-15-5-3-13(4-6-15)11-16(21)22/h3-6,12,14H,7-11H2,1-2H3,(H,19,23)(H,21,22). The molecule has 1 saturated heterocycles. The van der Waals surface area contributed by atoms with Crippen molar-refractivity contribution >= 4 is 23.5 Å². The van der Waals surface area contributed by atoms with Crippen LogP contribution >= 0.6 is 0 Å². The molecule has 130 valence electrons. The van der Waals surface area contributed by atoms with Crippen molar-refractivity contribution in [2.75, 3.05) is 18.4 Å². The minimum Gasteiger partial charge on any atom is -0.481 e. The Balaban J connectivity index is 1.85. The average molecular weight is 332 g/mol. The van der Waals surface area contributed by atoms with Crippen molar-refractivity contribution in [3.63, 3.8) is 0 Å². The molecule has 0 aromatic heterocycles. The number of hydrogen-bond acceptors (Lipinski definition) is 3. The molecule has 6 nitrogen and oxygen atoms in total. The average Bonchev–Trinajstić information content (AvgIpc) is 2.55. The van der Waals surface area contributed by atoms with Crippen LogP contribution in [-0.2, 0) is 20.8 Å². The maximum atomic E-state index is 12.3. The molecule has 1 aromatic carbocycles. The predicted molar refractivity (Wildman–Crippen MR) is 90.6 cm³/mol. The number of rotatable bonds is 5. The molecule has 0 saturated carbocycles. The molecule has 2 amide bonds. The number of piperidine rings is 1. The molecular formula is C18H24N2O4. The number of amides is 2. The van der Waals surface area contributed by atoms with E-state index in [1.54, 1.807) is 24.3 Å². The highest BCUT2D eigenvalue weighted by molar-refractivity contribution is 5.92. The molecule has 0 atom stereocenters. The van der Waals surface area contributed by atoms with E-state index in [-0.39, 0.29) is 30.1 Å². The van der Waals surface area contributed by atoms with Gasteiger partial charge in [0, 0.05) is 30.6 Å². The van der Waals surface area contributed by atoms with Crippen LogP contribution in [0.1, 0.15) is 32.3 Å². The van der Waals surface area contributed by atoms with Crippen LogP contribution in [0, 0.1) is 11.8 Å². The van der Waals surface area contributed by atoms with E-state index in [4.69, 9.17) is 5.11 Å². The second kappa shape index (κ2) is 7.95. The van der Waals surface area contributed by atoms with Crippen molar-refractivity contribution in [3.8, 4) is 0 Å². The third-order valence-corrected chi connectivity index (χ3v) is 4.25. The van der Waals surface area contributed by atoms with Crippen LogP contribution in [0.4, 0.5) is 5.69 Å². The van der Waals surface area contributed by atoms with Gasteiger partial charge < -0.3 is 15.3 Å². The number of nitrogens with zero attached hydrogens (tertiary/aromatic N) is 1. The first-order valence-corrected chi connectivity index (χ1v) is 8.27. The lowest BCUT2D eigenvalue weighted by Gasteiger charge is -2.32. The summed E-state index contributed by atoms with van der Waals surface area (Å²) in [5, 5.41) is 11.6. The summed E-state index contributed by atoms with van der Waals surface area (Å²) in [5.41, 5.74) is 1.36. The summed E-state index contributed by atoms with van der Waals surface area (Å²) >= 11 is 0. The Kier molecular flexibility index (Phi) is 5.95. The van der Waals surface area contributed by atoms with Crippen molar-refractivity contribution in [3.05, 3.63) is 29.8 Å². The van der Waals surface area contributed by atoms with Crippen LogP contribution in [0.15, 0.2) is 24.3 Å². The quantitative estimate of drug-likeness (QED) is 0.865. The molecular weight excluding hydrogens is 308 g/mol. The monoisotopic (exact) mass is 332 g/mol.